The van der Waals surface area contributed by atoms with Crippen molar-refractivity contribution in [1.29, 1.82) is 0 Å². The van der Waals surface area contributed by atoms with Gasteiger partial charge in [-0.1, -0.05) is 12.1 Å². The van der Waals surface area contributed by atoms with Crippen molar-refractivity contribution in [2.75, 3.05) is 6.61 Å². The maximum atomic E-state index is 10.3. The summed E-state index contributed by atoms with van der Waals surface area (Å²) < 4.78 is 34.3. The minimum atomic E-state index is -4.67. The molecule has 0 atom stereocenters. The van der Waals surface area contributed by atoms with Crippen LogP contribution in [-0.2, 0) is 21.0 Å². The molecule has 0 aliphatic carbocycles. The van der Waals surface area contributed by atoms with Crippen molar-refractivity contribution >= 4 is 16.1 Å². The largest absolute Gasteiger partial charge is 0.726 e. The molecule has 0 radical (unpaired) electrons. The summed E-state index contributed by atoms with van der Waals surface area (Å²) in [5.74, 6) is 0. The Kier molecular flexibility index (Phi) is 5.68. The maximum absolute atomic E-state index is 10.3. The van der Waals surface area contributed by atoms with Crippen LogP contribution in [0.3, 0.4) is 0 Å². The van der Waals surface area contributed by atoms with Gasteiger partial charge in [-0.15, -0.1) is 0 Å². The molecule has 17 heavy (non-hydrogen) atoms. The van der Waals surface area contributed by atoms with E-state index >= 15 is 0 Å². The van der Waals surface area contributed by atoms with Crippen LogP contribution in [-0.4, -0.2) is 24.5 Å². The molecule has 0 spiro atoms. The van der Waals surface area contributed by atoms with Crippen LogP contribution in [0.5, 0.6) is 0 Å². The van der Waals surface area contributed by atoms with Crippen molar-refractivity contribution in [2.45, 2.75) is 6.42 Å². The van der Waals surface area contributed by atoms with Crippen LogP contribution in [0.25, 0.3) is 0 Å². The van der Waals surface area contributed by atoms with E-state index < -0.39 is 15.3 Å². The minimum Gasteiger partial charge on any atom is -0.726 e. The zero-order valence-electron chi connectivity index (χ0n) is 9.03. The van der Waals surface area contributed by atoms with Gasteiger partial charge in [0.25, 0.3) is 5.69 Å². The van der Waals surface area contributed by atoms with Crippen LogP contribution >= 0.6 is 0 Å². The van der Waals surface area contributed by atoms with Crippen molar-refractivity contribution in [3.05, 3.63) is 39.9 Å². The Morgan fingerprint density at radius 1 is 1.24 bits per heavy atom. The summed E-state index contributed by atoms with van der Waals surface area (Å²) in [4.78, 5) is 9.78. The number of nitrogens with zero attached hydrogens (tertiary/aromatic N) is 1. The lowest BCUT2D eigenvalue weighted by Gasteiger charge is -2.06. The molecule has 0 saturated carbocycles. The summed E-state index contributed by atoms with van der Waals surface area (Å²) >= 11 is 0. The second-order valence-corrected chi connectivity index (χ2v) is 3.96. The number of benzene rings is 1. The average Bonchev–Trinajstić information content (AvgIpc) is 2.16. The smallest absolute Gasteiger partial charge is 0.269 e. The van der Waals surface area contributed by atoms with Crippen LogP contribution < -0.4 is 6.15 Å². The second kappa shape index (κ2) is 6.25. The first-order valence-corrected chi connectivity index (χ1v) is 5.55. The van der Waals surface area contributed by atoms with E-state index in [-0.39, 0.29) is 24.9 Å². The van der Waals surface area contributed by atoms with Gasteiger partial charge in [0.1, 0.15) is 0 Å². The molecule has 0 bridgehead atoms. The predicted molar refractivity (Wildman–Crippen MR) is 58.4 cm³/mol. The molecule has 8 nitrogen and oxygen atoms in total. The molecular formula is C8H12N2O6S. The van der Waals surface area contributed by atoms with Crippen molar-refractivity contribution in [3.63, 3.8) is 0 Å². The van der Waals surface area contributed by atoms with Gasteiger partial charge in [-0.05, 0) is 12.0 Å². The van der Waals surface area contributed by atoms with Crippen LogP contribution in [0.4, 0.5) is 5.69 Å². The molecule has 96 valence electrons. The molecule has 1 aromatic carbocycles. The molecule has 0 aliphatic rings. The zero-order chi connectivity index (χ0) is 12.2. The molecular weight excluding hydrogens is 252 g/mol. The number of nitro benzene ring substituents is 1. The summed E-state index contributed by atoms with van der Waals surface area (Å²) in [6.45, 7) is -0.274. The summed E-state index contributed by atoms with van der Waals surface area (Å²) in [5, 5.41) is 10.3. The summed E-state index contributed by atoms with van der Waals surface area (Å²) in [5.41, 5.74) is 0.593. The van der Waals surface area contributed by atoms with E-state index in [1.54, 1.807) is 0 Å². The highest BCUT2D eigenvalue weighted by atomic mass is 32.3. The van der Waals surface area contributed by atoms with Gasteiger partial charge in [0.05, 0.1) is 11.5 Å². The van der Waals surface area contributed by atoms with Gasteiger partial charge in [-0.25, -0.2) is 8.42 Å². The first-order valence-electron chi connectivity index (χ1n) is 4.22. The van der Waals surface area contributed by atoms with Gasteiger partial charge in [0.2, 0.25) is 10.4 Å². The second-order valence-electron chi connectivity index (χ2n) is 2.90. The first-order chi connectivity index (χ1) is 7.38. The molecule has 0 amide bonds. The molecule has 4 N–H and O–H groups in total. The van der Waals surface area contributed by atoms with Crippen LogP contribution in [0, 0.1) is 10.1 Å². The Labute approximate surface area is 97.9 Å². The van der Waals surface area contributed by atoms with Gasteiger partial charge in [-0.2, -0.15) is 0 Å². The highest BCUT2D eigenvalue weighted by Gasteiger charge is 2.04. The molecule has 1 aromatic rings. The molecule has 0 aromatic heterocycles. The number of hydrogen-bond donors (Lipinski definition) is 1. The lowest BCUT2D eigenvalue weighted by atomic mass is 10.1. The number of hydrogen-bond acceptors (Lipinski definition) is 6. The maximum Gasteiger partial charge on any atom is 0.269 e. The quantitative estimate of drug-likeness (QED) is 0.363. The highest BCUT2D eigenvalue weighted by molar-refractivity contribution is 7.80. The third-order valence-corrected chi connectivity index (χ3v) is 2.22. The lowest BCUT2D eigenvalue weighted by molar-refractivity contribution is -0.384. The summed E-state index contributed by atoms with van der Waals surface area (Å²) in [7, 11) is -4.67. The van der Waals surface area contributed by atoms with E-state index in [1.807, 2.05) is 0 Å². The molecule has 0 unspecified atom stereocenters. The van der Waals surface area contributed by atoms with E-state index in [0.717, 1.165) is 0 Å². The summed E-state index contributed by atoms with van der Waals surface area (Å²) in [6.07, 6.45) is 0.194. The normalized spacial score (nSPS) is 10.6. The Hall–Kier alpha value is -1.55. The van der Waals surface area contributed by atoms with Crippen LogP contribution in [0.2, 0.25) is 0 Å². The van der Waals surface area contributed by atoms with Gasteiger partial charge in [0.15, 0.2) is 0 Å². The number of rotatable bonds is 5. The van der Waals surface area contributed by atoms with Crippen molar-refractivity contribution in [1.82, 2.24) is 6.15 Å². The fourth-order valence-electron chi connectivity index (χ4n) is 1.05. The monoisotopic (exact) mass is 264 g/mol. The van der Waals surface area contributed by atoms with Gasteiger partial charge in [-0.3, -0.25) is 14.3 Å². The van der Waals surface area contributed by atoms with Gasteiger partial charge < -0.3 is 10.7 Å². The molecule has 0 heterocycles. The third kappa shape index (κ3) is 5.92. The molecule has 0 aliphatic heterocycles. The fraction of sp³-hybridized carbons (Fsp3) is 0.250. The number of non-ortho nitro benzene ring substituents is 1. The summed E-state index contributed by atoms with van der Waals surface area (Å²) in [6, 6.07) is 5.53. The standard InChI is InChI=1S/C8H9NO6S.H3N/c10-9(11)8-3-1-7(2-4-8)5-6-15-16(12,13)14;/h1-4H,5-6H2,(H,12,13,14);1H3. The molecule has 9 heteroatoms. The minimum absolute atomic E-state index is 0. The first kappa shape index (κ1) is 15.4. The Morgan fingerprint density at radius 2 is 1.76 bits per heavy atom. The topological polar surface area (TPSA) is 146 Å². The van der Waals surface area contributed by atoms with Crippen molar-refractivity contribution < 1.29 is 22.1 Å². The Morgan fingerprint density at radius 3 is 2.18 bits per heavy atom. The van der Waals surface area contributed by atoms with Crippen molar-refractivity contribution in [3.8, 4) is 0 Å². The average molecular weight is 264 g/mol. The SMILES string of the molecule is O=[N+]([O-])c1ccc(CCOS(=O)(=O)[O-])cc1.[NH4+]. The number of nitro groups is 1. The molecule has 1 rings (SSSR count). The number of quaternary nitrogens is 1. The molecule has 0 saturated heterocycles. The lowest BCUT2D eigenvalue weighted by Crippen LogP contribution is -2.07. The van der Waals surface area contributed by atoms with E-state index in [9.17, 15) is 23.1 Å². The third-order valence-electron chi connectivity index (χ3n) is 1.77. The van der Waals surface area contributed by atoms with E-state index in [4.69, 9.17) is 0 Å². The van der Waals surface area contributed by atoms with Gasteiger partial charge >= 0.3 is 0 Å². The Bertz CT molecular complexity index is 469. The van der Waals surface area contributed by atoms with Crippen molar-refractivity contribution in [2.24, 2.45) is 0 Å². The Balaban J connectivity index is 0.00000256. The van der Waals surface area contributed by atoms with E-state index in [0.29, 0.717) is 5.56 Å². The van der Waals surface area contributed by atoms with Gasteiger partial charge in [0, 0.05) is 12.1 Å². The highest BCUT2D eigenvalue weighted by Crippen LogP contribution is 2.12. The molecule has 0 fully saturated rings. The van der Waals surface area contributed by atoms with E-state index in [1.165, 1.54) is 24.3 Å². The van der Waals surface area contributed by atoms with E-state index in [2.05, 4.69) is 4.18 Å². The van der Waals surface area contributed by atoms with Crippen LogP contribution in [0.15, 0.2) is 24.3 Å². The fourth-order valence-corrected chi connectivity index (χ4v) is 1.33. The zero-order valence-corrected chi connectivity index (χ0v) is 9.85. The van der Waals surface area contributed by atoms with Crippen LogP contribution in [0.1, 0.15) is 5.56 Å². The predicted octanol–water partition coefficient (Wildman–Crippen LogP) is 0.990.